The highest BCUT2D eigenvalue weighted by atomic mass is 32.2. The number of benzene rings is 2. The van der Waals surface area contributed by atoms with E-state index in [-0.39, 0.29) is 0 Å². The number of rotatable bonds is 6. The molecule has 2 aromatic rings. The molecule has 0 aromatic heterocycles. The molecule has 0 saturated carbocycles. The van der Waals surface area contributed by atoms with Gasteiger partial charge in [-0.25, -0.2) is 8.42 Å². The summed E-state index contributed by atoms with van der Waals surface area (Å²) < 4.78 is 26.7. The zero-order valence-corrected chi connectivity index (χ0v) is 17.5. The molecule has 1 aliphatic heterocycles. The van der Waals surface area contributed by atoms with Crippen LogP contribution in [-0.2, 0) is 16.4 Å². The van der Waals surface area contributed by atoms with Crippen LogP contribution < -0.4 is 0 Å². The molecule has 3 nitrogen and oxygen atoms in total. The Kier molecular flexibility index (Phi) is 6.07. The molecule has 0 amide bonds. The molecule has 0 spiro atoms. The van der Waals surface area contributed by atoms with E-state index in [2.05, 4.69) is 30.9 Å². The SMILES string of the molecule is Cc1ccc(S(=O)(=O)[C@@]2(CC(C)C)CCCN(Cc3ccccc3)C2)cc1. The van der Waals surface area contributed by atoms with Crippen LogP contribution in [0.5, 0.6) is 0 Å². The molecule has 1 heterocycles. The highest BCUT2D eigenvalue weighted by Gasteiger charge is 2.47. The molecular weight excluding hydrogens is 354 g/mol. The molecule has 1 aliphatic rings. The first-order valence-corrected chi connectivity index (χ1v) is 11.4. The molecule has 1 saturated heterocycles. The number of piperidine rings is 1. The first kappa shape index (κ1) is 20.1. The summed E-state index contributed by atoms with van der Waals surface area (Å²) in [6.45, 7) is 8.62. The van der Waals surface area contributed by atoms with Crippen molar-refractivity contribution in [1.29, 1.82) is 0 Å². The lowest BCUT2D eigenvalue weighted by Crippen LogP contribution is -2.53. The van der Waals surface area contributed by atoms with Gasteiger partial charge in [-0.3, -0.25) is 4.90 Å². The smallest absolute Gasteiger partial charge is 0.185 e. The van der Waals surface area contributed by atoms with Gasteiger partial charge in [-0.15, -0.1) is 0 Å². The molecular formula is C23H31NO2S. The summed E-state index contributed by atoms with van der Waals surface area (Å²) in [6, 6.07) is 17.7. The Labute approximate surface area is 164 Å². The van der Waals surface area contributed by atoms with Crippen molar-refractivity contribution in [3.8, 4) is 0 Å². The fraction of sp³-hybridized carbons (Fsp3) is 0.478. The van der Waals surface area contributed by atoms with Crippen molar-refractivity contribution >= 4 is 9.84 Å². The van der Waals surface area contributed by atoms with Gasteiger partial charge in [0.05, 0.1) is 9.64 Å². The second-order valence-electron chi connectivity index (χ2n) is 8.40. The average Bonchev–Trinajstić information content (AvgIpc) is 2.62. The summed E-state index contributed by atoms with van der Waals surface area (Å²) in [5, 5.41) is 0. The molecule has 146 valence electrons. The lowest BCUT2D eigenvalue weighted by Gasteiger charge is -2.43. The number of hydrogen-bond donors (Lipinski definition) is 0. The minimum absolute atomic E-state index is 0.335. The monoisotopic (exact) mass is 385 g/mol. The average molecular weight is 386 g/mol. The van der Waals surface area contributed by atoms with Crippen molar-refractivity contribution in [3.63, 3.8) is 0 Å². The van der Waals surface area contributed by atoms with Gasteiger partial charge in [0.25, 0.3) is 0 Å². The van der Waals surface area contributed by atoms with Crippen LogP contribution in [0.2, 0.25) is 0 Å². The number of hydrogen-bond acceptors (Lipinski definition) is 3. The van der Waals surface area contributed by atoms with Gasteiger partial charge in [0.15, 0.2) is 9.84 Å². The van der Waals surface area contributed by atoms with Crippen molar-refractivity contribution < 1.29 is 8.42 Å². The fourth-order valence-electron chi connectivity index (χ4n) is 4.37. The zero-order valence-electron chi connectivity index (χ0n) is 16.7. The Morgan fingerprint density at radius 1 is 1.04 bits per heavy atom. The summed E-state index contributed by atoms with van der Waals surface area (Å²) in [6.07, 6.45) is 2.37. The predicted molar refractivity (Wildman–Crippen MR) is 112 cm³/mol. The quantitative estimate of drug-likeness (QED) is 0.713. The van der Waals surface area contributed by atoms with Crippen molar-refractivity contribution in [3.05, 3.63) is 65.7 Å². The lowest BCUT2D eigenvalue weighted by atomic mass is 9.88. The molecule has 4 heteroatoms. The van der Waals surface area contributed by atoms with E-state index >= 15 is 0 Å². The molecule has 1 atom stereocenters. The van der Waals surface area contributed by atoms with Crippen LogP contribution in [-0.4, -0.2) is 31.2 Å². The van der Waals surface area contributed by atoms with Gasteiger partial charge in [-0.05, 0) is 56.3 Å². The van der Waals surface area contributed by atoms with E-state index < -0.39 is 14.6 Å². The van der Waals surface area contributed by atoms with Crippen molar-refractivity contribution in [2.24, 2.45) is 5.92 Å². The lowest BCUT2D eigenvalue weighted by molar-refractivity contribution is 0.166. The molecule has 1 fully saturated rings. The molecule has 3 rings (SSSR count). The first-order valence-electron chi connectivity index (χ1n) is 9.90. The Morgan fingerprint density at radius 3 is 2.33 bits per heavy atom. The van der Waals surface area contributed by atoms with Gasteiger partial charge in [0.1, 0.15) is 0 Å². The van der Waals surface area contributed by atoms with Crippen LogP contribution in [0.15, 0.2) is 59.5 Å². The highest BCUT2D eigenvalue weighted by molar-refractivity contribution is 7.92. The number of sulfone groups is 1. The fourth-order valence-corrected chi connectivity index (χ4v) is 6.69. The minimum Gasteiger partial charge on any atom is -0.297 e. The summed E-state index contributed by atoms with van der Waals surface area (Å²) in [7, 11) is -3.40. The van der Waals surface area contributed by atoms with Crippen molar-refractivity contribution in [1.82, 2.24) is 4.90 Å². The van der Waals surface area contributed by atoms with Crippen molar-refractivity contribution in [2.75, 3.05) is 13.1 Å². The summed E-state index contributed by atoms with van der Waals surface area (Å²) in [5.74, 6) is 0.335. The Morgan fingerprint density at radius 2 is 1.70 bits per heavy atom. The molecule has 2 aromatic carbocycles. The standard InChI is InChI=1S/C23H31NO2S/c1-19(2)16-23(27(25,26)22-12-10-20(3)11-13-22)14-7-15-24(18-23)17-21-8-5-4-6-9-21/h4-6,8-13,19H,7,14-18H2,1-3H3/t23-/m1/s1. The summed E-state index contributed by atoms with van der Waals surface area (Å²) in [5.41, 5.74) is 2.33. The van der Waals surface area contributed by atoms with E-state index in [4.69, 9.17) is 0 Å². The van der Waals surface area contributed by atoms with Crippen LogP contribution in [0, 0.1) is 12.8 Å². The topological polar surface area (TPSA) is 37.4 Å². The summed E-state index contributed by atoms with van der Waals surface area (Å²) in [4.78, 5) is 2.79. The largest absolute Gasteiger partial charge is 0.297 e. The van der Waals surface area contributed by atoms with Crippen LogP contribution in [0.3, 0.4) is 0 Å². The van der Waals surface area contributed by atoms with Crippen LogP contribution in [0.4, 0.5) is 0 Å². The van der Waals surface area contributed by atoms with E-state index in [0.717, 1.165) is 31.5 Å². The predicted octanol–water partition coefficient (Wildman–Crippen LogP) is 4.85. The van der Waals surface area contributed by atoms with Gasteiger partial charge in [0.2, 0.25) is 0 Å². The van der Waals surface area contributed by atoms with Gasteiger partial charge in [-0.1, -0.05) is 61.9 Å². The maximum Gasteiger partial charge on any atom is 0.185 e. The maximum absolute atomic E-state index is 13.7. The molecule has 27 heavy (non-hydrogen) atoms. The third kappa shape index (κ3) is 4.44. The van der Waals surface area contributed by atoms with Gasteiger partial charge >= 0.3 is 0 Å². The first-order chi connectivity index (χ1) is 12.8. The van der Waals surface area contributed by atoms with E-state index in [9.17, 15) is 8.42 Å². The van der Waals surface area contributed by atoms with Crippen LogP contribution >= 0.6 is 0 Å². The molecule has 0 N–H and O–H groups in total. The Hall–Kier alpha value is -1.65. The second kappa shape index (κ2) is 8.15. The number of likely N-dealkylation sites (tertiary alicyclic amines) is 1. The van der Waals surface area contributed by atoms with E-state index in [1.165, 1.54) is 5.56 Å². The zero-order chi connectivity index (χ0) is 19.5. The molecule has 0 aliphatic carbocycles. The van der Waals surface area contributed by atoms with Gasteiger partial charge in [-0.2, -0.15) is 0 Å². The Bertz CT molecular complexity index is 844. The minimum atomic E-state index is -3.40. The van der Waals surface area contributed by atoms with Crippen LogP contribution in [0.25, 0.3) is 0 Å². The molecule has 0 bridgehead atoms. The van der Waals surface area contributed by atoms with E-state index in [1.54, 1.807) is 12.1 Å². The molecule has 0 radical (unpaired) electrons. The van der Waals surface area contributed by atoms with Gasteiger partial charge < -0.3 is 0 Å². The maximum atomic E-state index is 13.7. The highest BCUT2D eigenvalue weighted by Crippen LogP contribution is 2.39. The second-order valence-corrected chi connectivity index (χ2v) is 10.7. The Balaban J connectivity index is 1.93. The van der Waals surface area contributed by atoms with Crippen LogP contribution in [0.1, 0.15) is 44.2 Å². The van der Waals surface area contributed by atoms with Gasteiger partial charge in [0, 0.05) is 13.1 Å². The number of nitrogens with zero attached hydrogens (tertiary/aromatic N) is 1. The van der Waals surface area contributed by atoms with Crippen molar-refractivity contribution in [2.45, 2.75) is 56.2 Å². The normalized spacial score (nSPS) is 21.5. The number of aryl methyl sites for hydroxylation is 1. The van der Waals surface area contributed by atoms with E-state index in [1.807, 2.05) is 37.3 Å². The summed E-state index contributed by atoms with van der Waals surface area (Å²) >= 11 is 0. The molecule has 0 unspecified atom stereocenters. The third-order valence-corrected chi connectivity index (χ3v) is 8.08. The van der Waals surface area contributed by atoms with E-state index in [0.29, 0.717) is 23.8 Å². The third-order valence-electron chi connectivity index (χ3n) is 5.55.